The van der Waals surface area contributed by atoms with Gasteiger partial charge in [0.1, 0.15) is 11.6 Å². The van der Waals surface area contributed by atoms with Crippen LogP contribution in [0.1, 0.15) is 18.9 Å². The molecule has 0 unspecified atom stereocenters. The Hall–Kier alpha value is -1.62. The molecule has 0 aromatic heterocycles. The Morgan fingerprint density at radius 2 is 2.00 bits per heavy atom. The predicted molar refractivity (Wildman–Crippen MR) is 72.3 cm³/mol. The highest BCUT2D eigenvalue weighted by molar-refractivity contribution is 5.77. The van der Waals surface area contributed by atoms with Crippen LogP contribution in [0.3, 0.4) is 0 Å². The van der Waals surface area contributed by atoms with Gasteiger partial charge in [-0.2, -0.15) is 0 Å². The van der Waals surface area contributed by atoms with Crippen LogP contribution in [0.5, 0.6) is 5.75 Å². The summed E-state index contributed by atoms with van der Waals surface area (Å²) in [5.74, 6) is -0.551. The molecule has 0 radical (unpaired) electrons. The lowest BCUT2D eigenvalue weighted by atomic mass is 10.2. The van der Waals surface area contributed by atoms with Crippen molar-refractivity contribution in [2.75, 3.05) is 27.2 Å². The minimum absolute atomic E-state index is 0.00840. The van der Waals surface area contributed by atoms with Crippen molar-refractivity contribution < 1.29 is 14.3 Å². The Morgan fingerprint density at radius 3 is 2.53 bits per heavy atom. The lowest BCUT2D eigenvalue weighted by Crippen LogP contribution is -2.36. The van der Waals surface area contributed by atoms with Gasteiger partial charge in [-0.15, -0.1) is 0 Å². The summed E-state index contributed by atoms with van der Waals surface area (Å²) in [6.07, 6.45) is 0.905. The van der Waals surface area contributed by atoms with Gasteiger partial charge >= 0.3 is 0 Å². The van der Waals surface area contributed by atoms with Gasteiger partial charge < -0.3 is 10.0 Å². The summed E-state index contributed by atoms with van der Waals surface area (Å²) >= 11 is 0. The number of aromatic hydroxyl groups is 1. The number of carbonyl (C=O) groups excluding carboxylic acids is 1. The van der Waals surface area contributed by atoms with Crippen LogP contribution < -0.4 is 0 Å². The fraction of sp³-hybridized carbons (Fsp3) is 0.500. The number of likely N-dealkylation sites (N-methyl/N-ethyl adjacent to an activating group) is 1. The van der Waals surface area contributed by atoms with E-state index in [-0.39, 0.29) is 18.2 Å². The van der Waals surface area contributed by atoms with Crippen LogP contribution in [0.15, 0.2) is 18.2 Å². The van der Waals surface area contributed by atoms with Crippen molar-refractivity contribution in [1.29, 1.82) is 0 Å². The normalized spacial score (nSPS) is 10.8. The zero-order chi connectivity index (χ0) is 14.4. The molecule has 1 amide bonds. The van der Waals surface area contributed by atoms with Gasteiger partial charge in [0.15, 0.2) is 0 Å². The van der Waals surface area contributed by atoms with Crippen molar-refractivity contribution in [2.24, 2.45) is 0 Å². The van der Waals surface area contributed by atoms with E-state index < -0.39 is 5.82 Å². The molecular formula is C14H21FN2O2. The van der Waals surface area contributed by atoms with Crippen molar-refractivity contribution in [1.82, 2.24) is 9.80 Å². The molecule has 0 bridgehead atoms. The van der Waals surface area contributed by atoms with Crippen LogP contribution in [-0.2, 0) is 11.3 Å². The number of amides is 1. The molecule has 4 nitrogen and oxygen atoms in total. The number of carbonyl (C=O) groups is 1. The fourth-order valence-corrected chi connectivity index (χ4v) is 1.85. The Labute approximate surface area is 113 Å². The summed E-state index contributed by atoms with van der Waals surface area (Å²) in [7, 11) is 3.42. The number of benzene rings is 1. The number of nitrogens with zero attached hydrogens (tertiary/aromatic N) is 2. The van der Waals surface area contributed by atoms with Crippen LogP contribution in [0.2, 0.25) is 0 Å². The Kier molecular flexibility index (Phi) is 5.76. The molecule has 0 aliphatic heterocycles. The van der Waals surface area contributed by atoms with Gasteiger partial charge in [-0.05, 0) is 30.7 Å². The zero-order valence-corrected chi connectivity index (χ0v) is 11.7. The minimum atomic E-state index is -0.467. The highest BCUT2D eigenvalue weighted by atomic mass is 19.1. The third kappa shape index (κ3) is 5.26. The average Bonchev–Trinajstić information content (AvgIpc) is 2.27. The van der Waals surface area contributed by atoms with Gasteiger partial charge in [-0.25, -0.2) is 4.39 Å². The molecular weight excluding hydrogens is 247 g/mol. The molecule has 0 heterocycles. The second-order valence-corrected chi connectivity index (χ2v) is 4.82. The topological polar surface area (TPSA) is 43.8 Å². The first-order valence-corrected chi connectivity index (χ1v) is 6.33. The number of phenolic OH excluding ortho intramolecular Hbond substituents is 1. The first kappa shape index (κ1) is 15.4. The largest absolute Gasteiger partial charge is 0.508 e. The van der Waals surface area contributed by atoms with Crippen LogP contribution in [0.25, 0.3) is 0 Å². The van der Waals surface area contributed by atoms with Crippen molar-refractivity contribution in [3.05, 3.63) is 29.6 Å². The van der Waals surface area contributed by atoms with Gasteiger partial charge in [-0.1, -0.05) is 6.92 Å². The van der Waals surface area contributed by atoms with E-state index in [4.69, 9.17) is 0 Å². The van der Waals surface area contributed by atoms with E-state index in [1.807, 2.05) is 11.8 Å². The average molecular weight is 268 g/mol. The lowest BCUT2D eigenvalue weighted by molar-refractivity contribution is -0.130. The van der Waals surface area contributed by atoms with Gasteiger partial charge in [0, 0.05) is 26.7 Å². The molecule has 1 aromatic carbocycles. The molecule has 19 heavy (non-hydrogen) atoms. The van der Waals surface area contributed by atoms with E-state index in [0.29, 0.717) is 12.1 Å². The van der Waals surface area contributed by atoms with E-state index >= 15 is 0 Å². The summed E-state index contributed by atoms with van der Waals surface area (Å²) in [5, 5.41) is 9.37. The van der Waals surface area contributed by atoms with E-state index in [9.17, 15) is 14.3 Å². The quantitative estimate of drug-likeness (QED) is 0.856. The van der Waals surface area contributed by atoms with Crippen molar-refractivity contribution in [3.8, 4) is 5.75 Å². The first-order chi connectivity index (χ1) is 8.92. The van der Waals surface area contributed by atoms with E-state index in [2.05, 4.69) is 0 Å². The molecule has 1 rings (SSSR count). The minimum Gasteiger partial charge on any atom is -0.508 e. The molecule has 0 spiro atoms. The van der Waals surface area contributed by atoms with E-state index in [1.165, 1.54) is 17.0 Å². The summed E-state index contributed by atoms with van der Waals surface area (Å²) in [6.45, 7) is 3.50. The molecule has 0 atom stereocenters. The van der Waals surface area contributed by atoms with E-state index in [1.54, 1.807) is 14.1 Å². The monoisotopic (exact) mass is 268 g/mol. The number of hydrogen-bond acceptors (Lipinski definition) is 3. The van der Waals surface area contributed by atoms with Gasteiger partial charge in [0.05, 0.1) is 6.54 Å². The molecule has 0 saturated carbocycles. The third-order valence-corrected chi connectivity index (χ3v) is 2.75. The molecule has 0 saturated heterocycles. The highest BCUT2D eigenvalue weighted by Gasteiger charge is 2.13. The Morgan fingerprint density at radius 1 is 1.32 bits per heavy atom. The number of phenols is 1. The molecule has 1 N–H and O–H groups in total. The predicted octanol–water partition coefficient (Wildman–Crippen LogP) is 1.83. The maximum atomic E-state index is 13.2. The number of halogens is 1. The first-order valence-electron chi connectivity index (χ1n) is 6.33. The summed E-state index contributed by atoms with van der Waals surface area (Å²) < 4.78 is 13.2. The maximum Gasteiger partial charge on any atom is 0.236 e. The van der Waals surface area contributed by atoms with Crippen molar-refractivity contribution in [2.45, 2.75) is 19.9 Å². The second-order valence-electron chi connectivity index (χ2n) is 4.82. The number of hydrogen-bond donors (Lipinski definition) is 1. The molecule has 0 aliphatic rings. The summed E-state index contributed by atoms with van der Waals surface area (Å²) in [4.78, 5) is 15.2. The molecule has 106 valence electrons. The van der Waals surface area contributed by atoms with Gasteiger partial charge in [-0.3, -0.25) is 9.69 Å². The Bertz CT molecular complexity index is 415. The van der Waals surface area contributed by atoms with Crippen molar-refractivity contribution in [3.63, 3.8) is 0 Å². The van der Waals surface area contributed by atoms with Gasteiger partial charge in [0.25, 0.3) is 0 Å². The highest BCUT2D eigenvalue weighted by Crippen LogP contribution is 2.16. The second kappa shape index (κ2) is 7.09. The van der Waals surface area contributed by atoms with Gasteiger partial charge in [0.2, 0.25) is 5.91 Å². The summed E-state index contributed by atoms with van der Waals surface area (Å²) in [6, 6.07) is 3.97. The van der Waals surface area contributed by atoms with Crippen LogP contribution in [0.4, 0.5) is 4.39 Å². The van der Waals surface area contributed by atoms with Crippen LogP contribution in [-0.4, -0.2) is 48.0 Å². The molecule has 0 fully saturated rings. The Balaban J connectivity index is 2.74. The zero-order valence-electron chi connectivity index (χ0n) is 11.7. The smallest absolute Gasteiger partial charge is 0.236 e. The van der Waals surface area contributed by atoms with Crippen LogP contribution >= 0.6 is 0 Å². The van der Waals surface area contributed by atoms with E-state index in [0.717, 1.165) is 19.0 Å². The molecule has 1 aromatic rings. The third-order valence-electron chi connectivity index (χ3n) is 2.75. The molecule has 5 heteroatoms. The van der Waals surface area contributed by atoms with Crippen molar-refractivity contribution >= 4 is 5.91 Å². The SMILES string of the molecule is CCCN(CC(=O)N(C)C)Cc1cc(O)cc(F)c1. The standard InChI is InChI=1S/C14H21FN2O2/c1-4-5-17(10-14(19)16(2)3)9-11-6-12(15)8-13(18)7-11/h6-8,18H,4-5,9-10H2,1-3H3. The molecule has 0 aliphatic carbocycles. The lowest BCUT2D eigenvalue weighted by Gasteiger charge is -2.23. The van der Waals surface area contributed by atoms with Crippen LogP contribution in [0, 0.1) is 5.82 Å². The maximum absolute atomic E-state index is 13.2. The fourth-order valence-electron chi connectivity index (χ4n) is 1.85. The number of rotatable bonds is 6. The summed E-state index contributed by atoms with van der Waals surface area (Å²) in [5.41, 5.74) is 0.664.